The van der Waals surface area contributed by atoms with Crippen molar-refractivity contribution in [3.63, 3.8) is 0 Å². The molecule has 23 heavy (non-hydrogen) atoms. The first-order chi connectivity index (χ1) is 10.8. The Bertz CT molecular complexity index is 762. The third-order valence-corrected chi connectivity index (χ3v) is 4.29. The molecule has 1 atom stereocenters. The Labute approximate surface area is 132 Å². The number of fused-ring (bicyclic) bond motifs is 2. The summed E-state index contributed by atoms with van der Waals surface area (Å²) in [4.78, 5) is 24.6. The zero-order valence-corrected chi connectivity index (χ0v) is 12.9. The van der Waals surface area contributed by atoms with Crippen LogP contribution in [0.1, 0.15) is 38.8 Å². The van der Waals surface area contributed by atoms with E-state index in [0.717, 1.165) is 6.08 Å². The van der Waals surface area contributed by atoms with Gasteiger partial charge in [-0.2, -0.15) is 0 Å². The van der Waals surface area contributed by atoms with Crippen molar-refractivity contribution in [2.75, 3.05) is 14.2 Å². The Kier molecular flexibility index (Phi) is 3.42. The smallest absolute Gasteiger partial charge is 0.232 e. The number of aromatic hydroxyl groups is 2. The van der Waals surface area contributed by atoms with Crippen LogP contribution in [-0.2, 0) is 27.2 Å². The fourth-order valence-electron chi connectivity index (χ4n) is 2.89. The molecule has 0 saturated carbocycles. The van der Waals surface area contributed by atoms with E-state index in [2.05, 4.69) is 0 Å². The van der Waals surface area contributed by atoms with Crippen LogP contribution in [0.3, 0.4) is 0 Å². The van der Waals surface area contributed by atoms with Crippen molar-refractivity contribution in [2.24, 2.45) is 0 Å². The molecule has 2 N–H and O–H groups in total. The molecule has 1 aliphatic heterocycles. The highest BCUT2D eigenvalue weighted by Gasteiger charge is 2.40. The van der Waals surface area contributed by atoms with E-state index in [-0.39, 0.29) is 47.0 Å². The lowest BCUT2D eigenvalue weighted by Crippen LogP contribution is -2.37. The van der Waals surface area contributed by atoms with Crippen molar-refractivity contribution < 1.29 is 34.0 Å². The van der Waals surface area contributed by atoms with Crippen LogP contribution in [0, 0.1) is 0 Å². The van der Waals surface area contributed by atoms with Gasteiger partial charge in [-0.05, 0) is 6.92 Å². The minimum absolute atomic E-state index is 0.0470. The molecule has 0 spiro atoms. The van der Waals surface area contributed by atoms with Gasteiger partial charge in [0.2, 0.25) is 5.78 Å². The normalized spacial score (nSPS) is 23.2. The summed E-state index contributed by atoms with van der Waals surface area (Å²) in [5.41, 5.74) is 0.143. The average Bonchev–Trinajstić information content (AvgIpc) is 2.54. The number of methoxy groups -OCH3 is 2. The van der Waals surface area contributed by atoms with Gasteiger partial charge in [0.05, 0.1) is 24.8 Å². The van der Waals surface area contributed by atoms with Crippen LogP contribution in [0.2, 0.25) is 0 Å². The minimum atomic E-state index is -0.993. The van der Waals surface area contributed by atoms with Gasteiger partial charge in [-0.1, -0.05) is 0 Å². The Morgan fingerprint density at radius 1 is 1.13 bits per heavy atom. The number of phenolic OH excluding ortho intramolecular Hbond substituents is 2. The molecule has 0 aromatic heterocycles. The van der Waals surface area contributed by atoms with Crippen LogP contribution in [0.25, 0.3) is 0 Å². The highest BCUT2D eigenvalue weighted by atomic mass is 16.7. The fourth-order valence-corrected chi connectivity index (χ4v) is 2.89. The van der Waals surface area contributed by atoms with E-state index >= 15 is 0 Å². The molecule has 1 aliphatic carbocycles. The van der Waals surface area contributed by atoms with Crippen molar-refractivity contribution in [3.05, 3.63) is 34.1 Å². The summed E-state index contributed by atoms with van der Waals surface area (Å²) in [5, 5.41) is 21.0. The summed E-state index contributed by atoms with van der Waals surface area (Å²) >= 11 is 0. The van der Waals surface area contributed by atoms with E-state index in [0.29, 0.717) is 5.56 Å². The quantitative estimate of drug-likeness (QED) is 0.795. The molecule has 0 unspecified atom stereocenters. The van der Waals surface area contributed by atoms with E-state index in [1.165, 1.54) is 14.2 Å². The van der Waals surface area contributed by atoms with Gasteiger partial charge >= 0.3 is 0 Å². The molecule has 1 aromatic carbocycles. The molecule has 1 heterocycles. The number of hydrogen-bond acceptors (Lipinski definition) is 7. The van der Waals surface area contributed by atoms with Crippen molar-refractivity contribution in [2.45, 2.75) is 25.7 Å². The molecule has 0 saturated heterocycles. The Hall–Kier alpha value is -2.38. The second-order valence-electron chi connectivity index (χ2n) is 5.61. The van der Waals surface area contributed by atoms with Crippen LogP contribution in [-0.4, -0.2) is 41.8 Å². The lowest BCUT2D eigenvalue weighted by molar-refractivity contribution is -0.223. The van der Waals surface area contributed by atoms with Crippen molar-refractivity contribution in [1.29, 1.82) is 0 Å². The maximum absolute atomic E-state index is 12.4. The topological polar surface area (TPSA) is 102 Å². The molecule has 0 bridgehead atoms. The van der Waals surface area contributed by atoms with Gasteiger partial charge in [-0.25, -0.2) is 0 Å². The van der Waals surface area contributed by atoms with Gasteiger partial charge in [0.15, 0.2) is 17.3 Å². The standard InChI is InChI=1S/C16H16O7/c1-16(22-3)5-7-8(6-23-16)14(19)11-9(17)4-10(21-2)15(20)12(11)13(7)18/h4,18-19H,5-6H2,1-3H3/t16-/m0/s1. The van der Waals surface area contributed by atoms with E-state index in [1.54, 1.807) is 6.92 Å². The molecular formula is C16H16O7. The second-order valence-corrected chi connectivity index (χ2v) is 5.61. The van der Waals surface area contributed by atoms with Crippen LogP contribution < -0.4 is 0 Å². The number of phenols is 2. The number of benzene rings is 1. The second kappa shape index (κ2) is 5.07. The summed E-state index contributed by atoms with van der Waals surface area (Å²) in [5.74, 6) is -3.13. The average molecular weight is 320 g/mol. The summed E-state index contributed by atoms with van der Waals surface area (Å²) in [6.07, 6.45) is 1.12. The number of hydrogen-bond donors (Lipinski definition) is 2. The van der Waals surface area contributed by atoms with E-state index in [9.17, 15) is 19.8 Å². The monoisotopic (exact) mass is 320 g/mol. The molecule has 2 aliphatic rings. The van der Waals surface area contributed by atoms with Crippen molar-refractivity contribution in [1.82, 2.24) is 0 Å². The maximum atomic E-state index is 12.4. The summed E-state index contributed by atoms with van der Waals surface area (Å²) in [6, 6.07) is 0. The van der Waals surface area contributed by atoms with Crippen LogP contribution in [0.5, 0.6) is 11.5 Å². The number of carbonyl (C=O) groups is 2. The van der Waals surface area contributed by atoms with Gasteiger partial charge in [0.25, 0.3) is 0 Å². The van der Waals surface area contributed by atoms with E-state index in [1.807, 2.05) is 0 Å². The van der Waals surface area contributed by atoms with Crippen LogP contribution in [0.15, 0.2) is 11.8 Å². The van der Waals surface area contributed by atoms with Gasteiger partial charge in [0, 0.05) is 30.7 Å². The number of ketones is 2. The van der Waals surface area contributed by atoms with E-state index in [4.69, 9.17) is 14.2 Å². The lowest BCUT2D eigenvalue weighted by Gasteiger charge is -2.35. The highest BCUT2D eigenvalue weighted by molar-refractivity contribution is 6.26. The SMILES string of the molecule is COC1=CC(=O)c2c(O)c3c(c(O)c2C1=O)C[C@@](C)(OC)OC3. The third kappa shape index (κ3) is 2.12. The molecule has 0 amide bonds. The minimum Gasteiger partial charge on any atom is -0.507 e. The van der Waals surface area contributed by atoms with Crippen molar-refractivity contribution >= 4 is 11.6 Å². The van der Waals surface area contributed by atoms with Crippen molar-refractivity contribution in [3.8, 4) is 11.5 Å². The molecule has 0 fully saturated rings. The molecule has 122 valence electrons. The maximum Gasteiger partial charge on any atom is 0.232 e. The summed E-state index contributed by atoms with van der Waals surface area (Å²) in [6.45, 7) is 1.63. The number of allylic oxidation sites excluding steroid dienone is 2. The zero-order valence-electron chi connectivity index (χ0n) is 12.9. The predicted molar refractivity (Wildman–Crippen MR) is 77.4 cm³/mol. The van der Waals surface area contributed by atoms with Gasteiger partial charge in [0.1, 0.15) is 11.5 Å². The van der Waals surface area contributed by atoms with Gasteiger partial charge in [-0.3, -0.25) is 9.59 Å². The molecule has 1 aromatic rings. The Morgan fingerprint density at radius 2 is 1.78 bits per heavy atom. The third-order valence-electron chi connectivity index (χ3n) is 4.29. The van der Waals surface area contributed by atoms with Gasteiger partial charge < -0.3 is 24.4 Å². The predicted octanol–water partition coefficient (Wildman–Crippen LogP) is 1.44. The van der Waals surface area contributed by atoms with Gasteiger partial charge in [-0.15, -0.1) is 0 Å². The van der Waals surface area contributed by atoms with Crippen LogP contribution in [0.4, 0.5) is 0 Å². The number of ether oxygens (including phenoxy) is 3. The molecule has 7 nitrogen and oxygen atoms in total. The molecule has 0 radical (unpaired) electrons. The molecular weight excluding hydrogens is 304 g/mol. The number of rotatable bonds is 2. The highest BCUT2D eigenvalue weighted by Crippen LogP contribution is 2.45. The van der Waals surface area contributed by atoms with E-state index < -0.39 is 17.4 Å². The first kappa shape index (κ1) is 15.5. The number of carbonyl (C=O) groups excluding carboxylic acids is 2. The zero-order chi connectivity index (χ0) is 16.9. The number of Topliss-reactive ketones (excluding diaryl/α,β-unsaturated/α-hetero) is 1. The summed E-state index contributed by atoms with van der Waals surface area (Å²) < 4.78 is 15.7. The van der Waals surface area contributed by atoms with Crippen LogP contribution >= 0.6 is 0 Å². The molecule has 3 rings (SSSR count). The largest absolute Gasteiger partial charge is 0.507 e. The first-order valence-corrected chi connectivity index (χ1v) is 6.96. The fraction of sp³-hybridized carbons (Fsp3) is 0.375. The molecule has 7 heteroatoms. The lowest BCUT2D eigenvalue weighted by atomic mass is 9.84. The Morgan fingerprint density at radius 3 is 2.39 bits per heavy atom. The first-order valence-electron chi connectivity index (χ1n) is 6.96. The summed E-state index contributed by atoms with van der Waals surface area (Å²) in [7, 11) is 2.72. The Balaban J connectivity index is 2.27.